The van der Waals surface area contributed by atoms with Gasteiger partial charge in [-0.05, 0) is 72.0 Å². The lowest BCUT2D eigenvalue weighted by Gasteiger charge is -2.09. The average Bonchev–Trinajstić information content (AvgIpc) is 3.31. The van der Waals surface area contributed by atoms with Crippen molar-refractivity contribution in [2.45, 2.75) is 6.92 Å². The number of hydrogen-bond donors (Lipinski definition) is 2. The third-order valence-corrected chi connectivity index (χ3v) is 7.67. The van der Waals surface area contributed by atoms with Crippen LogP contribution in [0.2, 0.25) is 5.02 Å². The molecule has 4 aromatic carbocycles. The van der Waals surface area contributed by atoms with E-state index < -0.39 is 11.9 Å². The van der Waals surface area contributed by atoms with Gasteiger partial charge in [-0.2, -0.15) is 5.10 Å². The topological polar surface area (TPSA) is 83.5 Å². The molecule has 0 aliphatic carbocycles. The number of benzene rings is 4. The van der Waals surface area contributed by atoms with Crippen LogP contribution in [0.15, 0.2) is 94.5 Å². The van der Waals surface area contributed by atoms with Crippen LogP contribution in [0.25, 0.3) is 22.0 Å². The van der Waals surface area contributed by atoms with Crippen LogP contribution in [0.4, 0.5) is 0 Å². The number of hydrogen-bond acceptors (Lipinski definition) is 4. The minimum absolute atomic E-state index is 0.305. The maximum absolute atomic E-state index is 13.4. The van der Waals surface area contributed by atoms with Crippen molar-refractivity contribution in [1.82, 2.24) is 10.4 Å². The van der Waals surface area contributed by atoms with E-state index in [-0.39, 0.29) is 0 Å². The molecule has 0 aliphatic heterocycles. The predicted octanol–water partition coefficient (Wildman–Crippen LogP) is 8.15. The number of hydrazone groups is 1. The Morgan fingerprint density at radius 1 is 1.03 bits per heavy atom. The highest BCUT2D eigenvalue weighted by atomic mass is 127. The Labute approximate surface area is 251 Å². The number of H-pyrrole nitrogens is 1. The molecule has 0 saturated heterocycles. The summed E-state index contributed by atoms with van der Waals surface area (Å²) in [7, 11) is 0. The van der Waals surface area contributed by atoms with Crippen LogP contribution in [0.1, 0.15) is 32.0 Å². The minimum atomic E-state index is -0.489. The second kappa shape index (κ2) is 11.7. The van der Waals surface area contributed by atoms with Crippen LogP contribution in [0, 0.1) is 10.5 Å². The van der Waals surface area contributed by atoms with Crippen LogP contribution in [-0.4, -0.2) is 23.1 Å². The lowest BCUT2D eigenvalue weighted by atomic mass is 10.0. The number of aromatic nitrogens is 1. The number of ether oxygens (including phenoxy) is 1. The number of para-hydroxylation sites is 1. The van der Waals surface area contributed by atoms with E-state index in [9.17, 15) is 9.59 Å². The maximum Gasteiger partial charge on any atom is 0.343 e. The van der Waals surface area contributed by atoms with E-state index in [0.717, 1.165) is 30.1 Å². The first-order valence-electron chi connectivity index (χ1n) is 11.8. The first-order chi connectivity index (χ1) is 18.8. The number of halogens is 3. The van der Waals surface area contributed by atoms with Gasteiger partial charge >= 0.3 is 5.97 Å². The van der Waals surface area contributed by atoms with Crippen LogP contribution in [0.5, 0.6) is 5.75 Å². The molecule has 5 aromatic rings. The lowest BCUT2D eigenvalue weighted by Crippen LogP contribution is -2.19. The number of aromatic amines is 1. The molecule has 0 spiro atoms. The Morgan fingerprint density at radius 3 is 2.62 bits per heavy atom. The summed E-state index contributed by atoms with van der Waals surface area (Å²) >= 11 is 12.2. The molecule has 39 heavy (non-hydrogen) atoms. The zero-order valence-corrected chi connectivity index (χ0v) is 25.0. The normalized spacial score (nSPS) is 11.2. The van der Waals surface area contributed by atoms with Gasteiger partial charge in [0.25, 0.3) is 5.91 Å². The van der Waals surface area contributed by atoms with Crippen LogP contribution >= 0.6 is 50.1 Å². The fourth-order valence-corrected chi connectivity index (χ4v) is 5.40. The van der Waals surface area contributed by atoms with Crippen molar-refractivity contribution in [3.8, 4) is 16.9 Å². The van der Waals surface area contributed by atoms with Crippen molar-refractivity contribution in [3.05, 3.63) is 120 Å². The van der Waals surface area contributed by atoms with Gasteiger partial charge in [0.05, 0.1) is 17.3 Å². The Morgan fingerprint density at radius 2 is 1.82 bits per heavy atom. The third kappa shape index (κ3) is 5.93. The molecule has 194 valence electrons. The SMILES string of the molecule is Cc1cccc(C(=O)Oc2ccc(Br)cc2C=NNC(=O)c2[nH]c3c(I)cccc3c2-c2ccccc2Cl)c1. The summed E-state index contributed by atoms with van der Waals surface area (Å²) in [5.41, 5.74) is 7.08. The molecule has 0 atom stereocenters. The van der Waals surface area contributed by atoms with E-state index in [1.165, 1.54) is 6.21 Å². The van der Waals surface area contributed by atoms with Gasteiger partial charge in [0.15, 0.2) is 0 Å². The predicted molar refractivity (Wildman–Crippen MR) is 167 cm³/mol. The zero-order chi connectivity index (χ0) is 27.5. The first kappa shape index (κ1) is 27.1. The number of nitrogens with one attached hydrogen (secondary N) is 2. The van der Waals surface area contributed by atoms with Crippen molar-refractivity contribution < 1.29 is 14.3 Å². The Balaban J connectivity index is 1.44. The maximum atomic E-state index is 13.4. The summed E-state index contributed by atoms with van der Waals surface area (Å²) in [6.45, 7) is 1.91. The molecule has 0 fully saturated rings. The number of aryl methyl sites for hydroxylation is 1. The summed E-state index contributed by atoms with van der Waals surface area (Å²) < 4.78 is 7.37. The van der Waals surface area contributed by atoms with E-state index in [4.69, 9.17) is 16.3 Å². The second-order valence-corrected chi connectivity index (χ2v) is 11.1. The summed E-state index contributed by atoms with van der Waals surface area (Å²) in [5, 5.41) is 5.58. The van der Waals surface area contributed by atoms with Gasteiger partial charge in [-0.1, -0.05) is 75.6 Å². The van der Waals surface area contributed by atoms with Gasteiger partial charge < -0.3 is 9.72 Å². The summed E-state index contributed by atoms with van der Waals surface area (Å²) in [6.07, 6.45) is 1.43. The summed E-state index contributed by atoms with van der Waals surface area (Å²) in [4.78, 5) is 29.3. The van der Waals surface area contributed by atoms with Gasteiger partial charge in [-0.15, -0.1) is 0 Å². The fourth-order valence-electron chi connectivity index (χ4n) is 4.16. The molecule has 2 N–H and O–H groups in total. The minimum Gasteiger partial charge on any atom is -0.422 e. The zero-order valence-electron chi connectivity index (χ0n) is 20.5. The van der Waals surface area contributed by atoms with Crippen LogP contribution < -0.4 is 10.2 Å². The standard InChI is InChI=1S/C30H20BrClIN3O3/c1-17-6-4-7-18(14-17)30(38)39-25-13-12-20(31)15-19(25)16-34-36-29(37)28-26(21-8-2-3-10-23(21)32)22-9-5-11-24(33)27(22)35-28/h2-16,35H,1H3,(H,36,37). The highest BCUT2D eigenvalue weighted by molar-refractivity contribution is 14.1. The number of esters is 1. The smallest absolute Gasteiger partial charge is 0.343 e. The highest BCUT2D eigenvalue weighted by Gasteiger charge is 2.21. The summed E-state index contributed by atoms with van der Waals surface area (Å²) in [5.74, 6) is -0.627. The van der Waals surface area contributed by atoms with Crippen molar-refractivity contribution >= 4 is 79.1 Å². The van der Waals surface area contributed by atoms with Crippen LogP contribution in [-0.2, 0) is 0 Å². The quantitative estimate of drug-likeness (QED) is 0.0613. The van der Waals surface area contributed by atoms with Gasteiger partial charge in [0, 0.05) is 35.1 Å². The number of carbonyl (C=O) groups excluding carboxylic acids is 2. The van der Waals surface area contributed by atoms with Gasteiger partial charge in [0.1, 0.15) is 11.4 Å². The molecular formula is C30H20BrClIN3O3. The lowest BCUT2D eigenvalue weighted by molar-refractivity contribution is 0.0734. The molecule has 5 rings (SSSR count). The van der Waals surface area contributed by atoms with Crippen LogP contribution in [0.3, 0.4) is 0 Å². The van der Waals surface area contributed by atoms with E-state index in [1.807, 2.05) is 49.4 Å². The Bertz CT molecular complexity index is 1770. The molecule has 1 heterocycles. The molecule has 6 nitrogen and oxygen atoms in total. The molecule has 9 heteroatoms. The monoisotopic (exact) mass is 711 g/mol. The Hall–Kier alpha value is -3.47. The molecule has 1 aromatic heterocycles. The number of fused-ring (bicyclic) bond motifs is 1. The van der Waals surface area contributed by atoms with Gasteiger partial charge in [0.2, 0.25) is 0 Å². The Kier molecular flexibility index (Phi) is 8.15. The van der Waals surface area contributed by atoms with E-state index in [1.54, 1.807) is 42.5 Å². The van der Waals surface area contributed by atoms with Gasteiger partial charge in [-0.25, -0.2) is 10.2 Å². The third-order valence-electron chi connectivity index (χ3n) is 5.95. The molecule has 1 amide bonds. The first-order valence-corrected chi connectivity index (χ1v) is 14.0. The van der Waals surface area contributed by atoms with Crippen molar-refractivity contribution in [2.75, 3.05) is 0 Å². The molecule has 0 bridgehead atoms. The molecule has 0 saturated carbocycles. The molecular weight excluding hydrogens is 693 g/mol. The fraction of sp³-hybridized carbons (Fsp3) is 0.0333. The van der Waals surface area contributed by atoms with Crippen molar-refractivity contribution in [1.29, 1.82) is 0 Å². The van der Waals surface area contributed by atoms with Crippen molar-refractivity contribution in [2.24, 2.45) is 5.10 Å². The summed E-state index contributed by atoms with van der Waals surface area (Å²) in [6, 6.07) is 25.6. The number of nitrogens with zero attached hydrogens (tertiary/aromatic N) is 1. The van der Waals surface area contributed by atoms with Crippen molar-refractivity contribution in [3.63, 3.8) is 0 Å². The molecule has 0 radical (unpaired) electrons. The number of carbonyl (C=O) groups is 2. The number of amides is 1. The van der Waals surface area contributed by atoms with Gasteiger partial charge in [-0.3, -0.25) is 4.79 Å². The highest BCUT2D eigenvalue weighted by Crippen LogP contribution is 2.38. The number of rotatable bonds is 6. The molecule has 0 aliphatic rings. The average molecular weight is 713 g/mol. The van der Waals surface area contributed by atoms with E-state index in [2.05, 4.69) is 54.0 Å². The largest absolute Gasteiger partial charge is 0.422 e. The van der Waals surface area contributed by atoms with E-state index in [0.29, 0.717) is 33.2 Å². The van der Waals surface area contributed by atoms with E-state index >= 15 is 0 Å². The molecule has 0 unspecified atom stereocenters. The second-order valence-electron chi connectivity index (χ2n) is 8.66.